The lowest BCUT2D eigenvalue weighted by molar-refractivity contribution is -0.894. The number of quaternary nitrogens is 2. The molecule has 4 rings (SSSR count). The second-order valence-electron chi connectivity index (χ2n) is 12.2. The number of phosphoric ester groups is 1. The van der Waals surface area contributed by atoms with Gasteiger partial charge in [0, 0.05) is 0 Å². The number of nitrogens with two attached hydrogens (primary N) is 1. The first-order valence-corrected chi connectivity index (χ1v) is 20.0. The van der Waals surface area contributed by atoms with Crippen LogP contribution in [0, 0.1) is 0 Å². The van der Waals surface area contributed by atoms with Crippen LogP contribution < -0.4 is 30.9 Å². The minimum Gasteiger partial charge on any atom is -0.756 e. The number of aliphatic hydroxyl groups is 5. The first kappa shape index (κ1) is 46.2. The van der Waals surface area contributed by atoms with Crippen molar-refractivity contribution >= 4 is 32.8 Å². The SMILES string of the molecule is CC[NH+](CC)CC.CC[NH+](CC)CC.C[C@@H]1O[C@H]([C@@]2(n3cnc4c(=O)[nH]c(N)nc43)O[C@H](COP(=O)([O-])OP(=O)([O-])O)[C@@H](O)[C@H]2O)[C@@H](O)[C@H](O)[C@@H]1O. The van der Waals surface area contributed by atoms with Gasteiger partial charge >= 0.3 is 0 Å². The highest BCUT2D eigenvalue weighted by Crippen LogP contribution is 2.53. The molecule has 302 valence electrons. The number of H-pyrrole nitrogens is 1. The van der Waals surface area contributed by atoms with Crippen molar-refractivity contribution in [3.63, 3.8) is 0 Å². The van der Waals surface area contributed by atoms with Crippen molar-refractivity contribution < 1.29 is 77.5 Å². The molecule has 0 amide bonds. The fourth-order valence-electron chi connectivity index (χ4n) is 5.92. The van der Waals surface area contributed by atoms with Gasteiger partial charge in [-0.15, -0.1) is 0 Å². The summed E-state index contributed by atoms with van der Waals surface area (Å²) in [7, 11) is -11.5. The molecule has 11 N–H and O–H groups in total. The van der Waals surface area contributed by atoms with Crippen LogP contribution in [0.4, 0.5) is 5.95 Å². The van der Waals surface area contributed by atoms with Crippen LogP contribution >= 0.6 is 15.6 Å². The Bertz CT molecular complexity index is 1530. The summed E-state index contributed by atoms with van der Waals surface area (Å²) >= 11 is 0. The Morgan fingerprint density at radius 3 is 1.92 bits per heavy atom. The van der Waals surface area contributed by atoms with E-state index < -0.39 is 88.3 Å². The summed E-state index contributed by atoms with van der Waals surface area (Å²) in [6.07, 6.45) is -13.8. The normalized spacial score (nSPS) is 31.4. The van der Waals surface area contributed by atoms with E-state index in [0.29, 0.717) is 0 Å². The van der Waals surface area contributed by atoms with E-state index in [1.165, 1.54) is 46.2 Å². The number of fused-ring (bicyclic) bond motifs is 1. The number of nitrogens with one attached hydrogen (secondary N) is 3. The average Bonchev–Trinajstić information content (AvgIpc) is 3.61. The smallest absolute Gasteiger partial charge is 0.280 e. The molecule has 0 aromatic carbocycles. The lowest BCUT2D eigenvalue weighted by atomic mass is 9.86. The van der Waals surface area contributed by atoms with Gasteiger partial charge in [0.2, 0.25) is 11.7 Å². The van der Waals surface area contributed by atoms with Gasteiger partial charge in [0.15, 0.2) is 11.2 Å². The quantitative estimate of drug-likeness (QED) is 0.0845. The van der Waals surface area contributed by atoms with Crippen LogP contribution in [0.1, 0.15) is 48.5 Å². The number of ether oxygens (including phenoxy) is 2. The molecular formula is C28H55N7O15P2. The second-order valence-corrected chi connectivity index (χ2v) is 15.0. The van der Waals surface area contributed by atoms with Crippen molar-refractivity contribution in [1.82, 2.24) is 19.5 Å². The van der Waals surface area contributed by atoms with E-state index in [0.717, 1.165) is 10.9 Å². The predicted octanol–water partition coefficient (Wildman–Crippen LogP) is -5.83. The molecule has 4 heterocycles. The van der Waals surface area contributed by atoms with E-state index in [-0.39, 0.29) is 11.2 Å². The van der Waals surface area contributed by atoms with Crippen LogP contribution in [0.15, 0.2) is 11.1 Å². The lowest BCUT2D eigenvalue weighted by Gasteiger charge is -2.48. The number of nitrogens with zero attached hydrogens (tertiary/aromatic N) is 3. The Morgan fingerprint density at radius 2 is 1.46 bits per heavy atom. The highest BCUT2D eigenvalue weighted by molar-refractivity contribution is 7.59. The molecule has 52 heavy (non-hydrogen) atoms. The minimum absolute atomic E-state index is 0.353. The third-order valence-electron chi connectivity index (χ3n) is 9.13. The Morgan fingerprint density at radius 1 is 0.942 bits per heavy atom. The molecule has 0 saturated carbocycles. The first-order chi connectivity index (χ1) is 24.2. The summed E-state index contributed by atoms with van der Waals surface area (Å²) < 4.78 is 42.6. The molecule has 2 aliphatic heterocycles. The zero-order valence-electron chi connectivity index (χ0n) is 30.3. The summed E-state index contributed by atoms with van der Waals surface area (Å²) in [5.41, 5.74) is 1.51. The van der Waals surface area contributed by atoms with Crippen molar-refractivity contribution in [3.8, 4) is 0 Å². The summed E-state index contributed by atoms with van der Waals surface area (Å²) in [5, 5.41) is 53.3. The second kappa shape index (κ2) is 19.6. The monoisotopic (exact) mass is 791 g/mol. The highest BCUT2D eigenvalue weighted by atomic mass is 31.3. The van der Waals surface area contributed by atoms with Gasteiger partial charge in [-0.3, -0.25) is 23.5 Å². The van der Waals surface area contributed by atoms with E-state index in [4.69, 9.17) is 20.1 Å². The largest absolute Gasteiger partial charge is 0.756 e. The van der Waals surface area contributed by atoms with Crippen LogP contribution in [0.25, 0.3) is 11.2 Å². The Kier molecular flexibility index (Phi) is 17.4. The molecular weight excluding hydrogens is 736 g/mol. The van der Waals surface area contributed by atoms with E-state index >= 15 is 0 Å². The highest BCUT2D eigenvalue weighted by Gasteiger charge is 2.65. The Balaban J connectivity index is 0.000000564. The van der Waals surface area contributed by atoms with E-state index in [2.05, 4.69) is 65.3 Å². The van der Waals surface area contributed by atoms with Crippen molar-refractivity contribution in [2.45, 2.75) is 103 Å². The van der Waals surface area contributed by atoms with Crippen LogP contribution in [-0.2, 0) is 33.2 Å². The number of hydrogen-bond donors (Lipinski definition) is 10. The fraction of sp³-hybridized carbons (Fsp3) is 0.821. The first-order valence-electron chi connectivity index (χ1n) is 17.0. The number of hydrogen-bond acceptors (Lipinski definition) is 17. The maximum absolute atomic E-state index is 12.3. The number of anilines is 1. The zero-order valence-corrected chi connectivity index (χ0v) is 32.1. The molecule has 11 atom stereocenters. The molecule has 2 saturated heterocycles. The third kappa shape index (κ3) is 11.1. The van der Waals surface area contributed by atoms with Gasteiger partial charge in [-0.05, 0) is 48.5 Å². The maximum atomic E-state index is 12.3. The molecule has 2 aromatic rings. The number of aromatic nitrogens is 4. The van der Waals surface area contributed by atoms with E-state index in [1.54, 1.807) is 9.80 Å². The van der Waals surface area contributed by atoms with Gasteiger partial charge in [0.05, 0.1) is 58.3 Å². The van der Waals surface area contributed by atoms with Gasteiger partial charge in [0.1, 0.15) is 42.7 Å². The molecule has 0 aliphatic carbocycles. The van der Waals surface area contributed by atoms with Gasteiger partial charge < -0.3 is 69.7 Å². The Hall–Kier alpha value is -1.95. The van der Waals surface area contributed by atoms with Gasteiger partial charge in [-0.1, -0.05) is 0 Å². The van der Waals surface area contributed by atoms with E-state index in [9.17, 15) is 49.2 Å². The maximum Gasteiger partial charge on any atom is 0.280 e. The molecule has 22 nitrogen and oxygen atoms in total. The van der Waals surface area contributed by atoms with Gasteiger partial charge in [-0.2, -0.15) is 4.98 Å². The molecule has 2 fully saturated rings. The van der Waals surface area contributed by atoms with Crippen molar-refractivity contribution in [3.05, 3.63) is 16.7 Å². The molecule has 2 unspecified atom stereocenters. The van der Waals surface area contributed by atoms with Gasteiger partial charge in [0.25, 0.3) is 21.2 Å². The molecule has 2 aliphatic rings. The number of aromatic amines is 1. The van der Waals surface area contributed by atoms with Crippen LogP contribution in [0.5, 0.6) is 0 Å². The van der Waals surface area contributed by atoms with Crippen LogP contribution in [0.2, 0.25) is 0 Å². The summed E-state index contributed by atoms with van der Waals surface area (Å²) in [5.74, 6) is -0.420. The number of rotatable bonds is 13. The topological polar surface area (TPSA) is 337 Å². The zero-order chi connectivity index (χ0) is 39.8. The summed E-state index contributed by atoms with van der Waals surface area (Å²) in [4.78, 5) is 56.8. The molecule has 0 bridgehead atoms. The summed E-state index contributed by atoms with van der Waals surface area (Å²) in [6, 6.07) is 0. The van der Waals surface area contributed by atoms with Crippen LogP contribution in [0.3, 0.4) is 0 Å². The number of imidazole rings is 1. The number of aliphatic hydroxyl groups excluding tert-OH is 5. The Labute approximate surface area is 301 Å². The third-order valence-corrected chi connectivity index (χ3v) is 11.2. The number of nitrogen functional groups attached to an aromatic ring is 1. The standard InChI is InChI=1S/C16H25N5O15P2.2C6H15N/c1-4-7(22)9(24)10(25)12(34-4)16(21-3-18-6-13(21)19-15(17)20-14(6)27)11(26)8(23)5(35-16)2-33-38(31,32)36-37(28,29)30;2*1-4-7(5-2)6-3/h3-5,7-12,22-26H,2H2,1H3,(H,31,32)(H2,28,29,30)(H3,17,19,20,27);2*4-6H2,1-3H3/t4-,5+,7+,8+,9+,10-,11+,12-,16-;;/m0../s1. The molecule has 0 spiro atoms. The van der Waals surface area contributed by atoms with Gasteiger partial charge in [-0.25, -0.2) is 9.29 Å². The molecule has 2 aromatic heterocycles. The number of phosphoric acid groups is 2. The lowest BCUT2D eigenvalue weighted by Crippen LogP contribution is -3.11. The van der Waals surface area contributed by atoms with Crippen molar-refractivity contribution in [2.75, 3.05) is 51.6 Å². The molecule has 0 radical (unpaired) electrons. The average molecular weight is 792 g/mol. The molecule has 24 heteroatoms. The van der Waals surface area contributed by atoms with E-state index in [1.807, 2.05) is 0 Å². The predicted molar refractivity (Wildman–Crippen MR) is 179 cm³/mol. The minimum atomic E-state index is -5.80. The van der Waals surface area contributed by atoms with Crippen molar-refractivity contribution in [2.24, 2.45) is 0 Å². The van der Waals surface area contributed by atoms with Crippen molar-refractivity contribution in [1.29, 1.82) is 0 Å². The van der Waals surface area contributed by atoms with Crippen LogP contribution in [-0.4, -0.2) is 145 Å². The fourth-order valence-corrected chi connectivity index (χ4v) is 7.45. The summed E-state index contributed by atoms with van der Waals surface area (Å²) in [6.45, 7) is 21.1.